The Balaban J connectivity index is 1.66. The number of hydrogen-bond donors (Lipinski definition) is 0. The highest BCUT2D eigenvalue weighted by Crippen LogP contribution is 2.45. The molecule has 0 atom stereocenters. The highest BCUT2D eigenvalue weighted by atomic mass is 15.0. The number of hydrogen-bond acceptors (Lipinski definition) is 0. The third kappa shape index (κ3) is 2.61. The zero-order valence-corrected chi connectivity index (χ0v) is 18.6. The van der Waals surface area contributed by atoms with Crippen molar-refractivity contribution in [1.82, 2.24) is 9.13 Å². The van der Waals surface area contributed by atoms with E-state index in [-0.39, 0.29) is 70.0 Å². The van der Waals surface area contributed by atoms with Crippen molar-refractivity contribution >= 4 is 55.0 Å². The molecular formula is C32H18N4. The fourth-order valence-corrected chi connectivity index (χ4v) is 4.98. The van der Waals surface area contributed by atoms with E-state index in [0.29, 0.717) is 32.6 Å². The van der Waals surface area contributed by atoms with Crippen molar-refractivity contribution in [3.63, 3.8) is 0 Å². The minimum Gasteiger partial charge on any atom is -0.320 e. The summed E-state index contributed by atoms with van der Waals surface area (Å²) in [6.45, 7) is 16.4. The van der Waals surface area contributed by atoms with E-state index in [2.05, 4.69) is 9.69 Å². The molecule has 4 nitrogen and oxygen atoms in total. The number of para-hydroxylation sites is 4. The lowest BCUT2D eigenvalue weighted by atomic mass is 10.1. The average Bonchev–Trinajstić information content (AvgIpc) is 3.57. The fourth-order valence-electron chi connectivity index (χ4n) is 4.98. The van der Waals surface area contributed by atoms with Gasteiger partial charge in [-0.2, -0.15) is 0 Å². The van der Waals surface area contributed by atoms with Gasteiger partial charge in [0.1, 0.15) is 0 Å². The van der Waals surface area contributed by atoms with Gasteiger partial charge in [-0.3, -0.25) is 0 Å². The molecule has 0 aliphatic heterocycles. The zero-order chi connectivity index (χ0) is 31.2. The Morgan fingerprint density at radius 1 is 0.500 bits per heavy atom. The van der Waals surface area contributed by atoms with Crippen LogP contribution in [0.2, 0.25) is 0 Å². The van der Waals surface area contributed by atoms with E-state index in [9.17, 15) is 0 Å². The topological polar surface area (TPSA) is 18.6 Å². The van der Waals surface area contributed by atoms with E-state index >= 15 is 0 Å². The molecule has 2 heterocycles. The Morgan fingerprint density at radius 2 is 0.917 bits per heavy atom. The van der Waals surface area contributed by atoms with Crippen molar-refractivity contribution < 1.29 is 11.0 Å². The van der Waals surface area contributed by atoms with Crippen LogP contribution < -0.4 is 0 Å². The van der Waals surface area contributed by atoms with E-state index in [1.54, 1.807) is 69.8 Å². The molecule has 0 bridgehead atoms. The first kappa shape index (κ1) is 13.5. The van der Waals surface area contributed by atoms with E-state index in [0.717, 1.165) is 0 Å². The number of rotatable bonds is 2. The van der Waals surface area contributed by atoms with Crippen LogP contribution in [-0.2, 0) is 0 Å². The molecule has 0 saturated heterocycles. The second-order valence-electron chi connectivity index (χ2n) is 8.18. The van der Waals surface area contributed by atoms with Crippen LogP contribution in [0.4, 0.5) is 11.4 Å². The SMILES string of the molecule is [2H]c1c([2H])c([2H])c2c(c1[2H])c1ccccc1n2-c1ccc(-n2c3ccccc3c3c([2H])c([2H])c([2H])c([2H])c32)c([N+]#[C-])c1[N+]#[C-]. The summed E-state index contributed by atoms with van der Waals surface area (Å²) in [6, 6.07) is 14.7. The molecule has 36 heavy (non-hydrogen) atoms. The molecule has 0 fully saturated rings. The molecule has 4 heteroatoms. The number of nitrogens with zero attached hydrogens (tertiary/aromatic N) is 4. The first-order valence-corrected chi connectivity index (χ1v) is 11.1. The molecule has 0 N–H and O–H groups in total. The maximum atomic E-state index is 8.77. The zero-order valence-electron chi connectivity index (χ0n) is 26.6. The molecule has 0 spiro atoms. The monoisotopic (exact) mass is 466 g/mol. The summed E-state index contributed by atoms with van der Waals surface area (Å²) in [4.78, 5) is 7.53. The largest absolute Gasteiger partial charge is 0.320 e. The Hall–Kier alpha value is -5.32. The van der Waals surface area contributed by atoms with Gasteiger partial charge in [0.2, 0.25) is 11.4 Å². The lowest BCUT2D eigenvalue weighted by Crippen LogP contribution is -1.98. The Bertz CT molecular complexity index is 2340. The molecule has 7 aromatic rings. The minimum absolute atomic E-state index is 0.0701. The molecule has 0 aliphatic carbocycles. The number of aromatic nitrogens is 2. The van der Waals surface area contributed by atoms with Gasteiger partial charge < -0.3 is 9.13 Å². The Kier molecular flexibility index (Phi) is 2.86. The van der Waals surface area contributed by atoms with E-state index in [1.807, 2.05) is 0 Å². The average molecular weight is 467 g/mol. The van der Waals surface area contributed by atoms with Gasteiger partial charge in [-0.05, 0) is 36.4 Å². The molecule has 0 radical (unpaired) electrons. The van der Waals surface area contributed by atoms with Gasteiger partial charge in [0.15, 0.2) is 0 Å². The second-order valence-corrected chi connectivity index (χ2v) is 8.18. The lowest BCUT2D eigenvalue weighted by Gasteiger charge is -2.16. The molecule has 0 aliphatic rings. The van der Waals surface area contributed by atoms with Crippen LogP contribution in [0.1, 0.15) is 11.0 Å². The molecule has 0 unspecified atom stereocenters. The summed E-state index contributed by atoms with van der Waals surface area (Å²) >= 11 is 0. The van der Waals surface area contributed by atoms with Crippen LogP contribution in [0, 0.1) is 13.1 Å². The van der Waals surface area contributed by atoms with Gasteiger partial charge in [0, 0.05) is 32.9 Å². The number of benzene rings is 5. The molecule has 7 rings (SSSR count). The summed E-state index contributed by atoms with van der Waals surface area (Å²) in [5, 5.41) is 1.73. The normalized spacial score (nSPS) is 14.4. The summed E-state index contributed by atoms with van der Waals surface area (Å²) < 4.78 is 71.2. The lowest BCUT2D eigenvalue weighted by molar-refractivity contribution is 1.16. The van der Waals surface area contributed by atoms with Crippen molar-refractivity contribution in [2.75, 3.05) is 0 Å². The van der Waals surface area contributed by atoms with Crippen molar-refractivity contribution in [2.24, 2.45) is 0 Å². The van der Waals surface area contributed by atoms with Gasteiger partial charge in [0.25, 0.3) is 0 Å². The van der Waals surface area contributed by atoms with Crippen LogP contribution in [0.15, 0.2) is 109 Å². The van der Waals surface area contributed by atoms with Crippen molar-refractivity contribution in [1.29, 1.82) is 0 Å². The van der Waals surface area contributed by atoms with Crippen molar-refractivity contribution in [2.45, 2.75) is 0 Å². The van der Waals surface area contributed by atoms with Crippen LogP contribution >= 0.6 is 0 Å². The second kappa shape index (κ2) is 7.60. The fraction of sp³-hybridized carbons (Fsp3) is 0. The van der Waals surface area contributed by atoms with Gasteiger partial charge in [-0.15, -0.1) is 0 Å². The van der Waals surface area contributed by atoms with Crippen molar-refractivity contribution in [3.05, 3.63) is 132 Å². The van der Waals surface area contributed by atoms with Gasteiger partial charge in [-0.1, -0.05) is 72.7 Å². The quantitative estimate of drug-likeness (QED) is 0.226. The van der Waals surface area contributed by atoms with E-state index < -0.39 is 12.1 Å². The maximum absolute atomic E-state index is 8.77. The van der Waals surface area contributed by atoms with E-state index in [4.69, 9.17) is 24.1 Å². The molecule has 166 valence electrons. The summed E-state index contributed by atoms with van der Waals surface area (Å²) in [7, 11) is 0. The first-order chi connectivity index (χ1) is 21.1. The van der Waals surface area contributed by atoms with Crippen LogP contribution in [0.25, 0.3) is 64.7 Å². The minimum atomic E-state index is -0.419. The Labute approximate surface area is 218 Å². The highest BCUT2D eigenvalue weighted by Gasteiger charge is 2.22. The third-order valence-corrected chi connectivity index (χ3v) is 6.43. The van der Waals surface area contributed by atoms with Crippen LogP contribution in [0.5, 0.6) is 0 Å². The third-order valence-electron chi connectivity index (χ3n) is 6.43. The van der Waals surface area contributed by atoms with Crippen LogP contribution in [-0.4, -0.2) is 9.13 Å². The predicted molar refractivity (Wildman–Crippen MR) is 148 cm³/mol. The highest BCUT2D eigenvalue weighted by molar-refractivity contribution is 6.11. The molecule has 0 amide bonds. The van der Waals surface area contributed by atoms with Crippen molar-refractivity contribution in [3.8, 4) is 11.4 Å². The van der Waals surface area contributed by atoms with Gasteiger partial charge >= 0.3 is 0 Å². The summed E-state index contributed by atoms with van der Waals surface area (Å²) in [5.41, 5.74) is 1.78. The predicted octanol–water partition coefficient (Wildman–Crippen LogP) is 8.98. The smallest absolute Gasteiger partial charge is 0.220 e. The van der Waals surface area contributed by atoms with Gasteiger partial charge in [-0.25, -0.2) is 9.69 Å². The summed E-state index contributed by atoms with van der Waals surface area (Å²) in [5.74, 6) is 0. The maximum Gasteiger partial charge on any atom is 0.220 e. The van der Waals surface area contributed by atoms with Gasteiger partial charge in [0.05, 0.1) is 46.2 Å². The molecule has 0 saturated carbocycles. The van der Waals surface area contributed by atoms with E-state index in [1.165, 1.54) is 0 Å². The Morgan fingerprint density at radius 3 is 1.36 bits per heavy atom. The van der Waals surface area contributed by atoms with Crippen LogP contribution in [0.3, 0.4) is 0 Å². The summed E-state index contributed by atoms with van der Waals surface area (Å²) in [6.07, 6.45) is 0. The molecule has 2 aromatic heterocycles. The number of fused-ring (bicyclic) bond motifs is 6. The molecule has 5 aromatic carbocycles. The molecular weight excluding hydrogens is 440 g/mol. The first-order valence-electron chi connectivity index (χ1n) is 15.1. The standard InChI is InChI=1S/C32H18N4/c1-33-31-29(35-25-15-7-3-11-21(25)22-12-4-8-16-26(22)35)19-20-30(32(31)34-2)36-27-17-9-5-13-23(27)24-14-6-10-18-28(24)36/h3-20H/i3D,5D,7D,9D,11D,13D,15D,17D.